The van der Waals surface area contributed by atoms with Gasteiger partial charge in [0.25, 0.3) is 5.69 Å². The fourth-order valence-electron chi connectivity index (χ4n) is 2.95. The lowest BCUT2D eigenvalue weighted by Crippen LogP contribution is -1.91. The lowest BCUT2D eigenvalue weighted by molar-refractivity contribution is -0.384. The molecule has 0 spiro atoms. The van der Waals surface area contributed by atoms with E-state index >= 15 is 0 Å². The number of aromatic nitrogens is 2. The second kappa shape index (κ2) is 7.32. The van der Waals surface area contributed by atoms with Gasteiger partial charge in [0.05, 0.1) is 34.2 Å². The first kappa shape index (κ1) is 18.0. The number of hydrogen-bond acceptors (Lipinski definition) is 6. The summed E-state index contributed by atoms with van der Waals surface area (Å²) in [5.41, 5.74) is 2.25. The second-order valence-corrected chi connectivity index (χ2v) is 6.12. The molecule has 0 saturated heterocycles. The van der Waals surface area contributed by atoms with Crippen molar-refractivity contribution in [2.24, 2.45) is 0 Å². The van der Waals surface area contributed by atoms with E-state index in [4.69, 9.17) is 9.15 Å². The number of nitro benzene ring substituents is 1. The van der Waals surface area contributed by atoms with Gasteiger partial charge < -0.3 is 14.1 Å². The van der Waals surface area contributed by atoms with Crippen LogP contribution in [0.1, 0.15) is 11.6 Å². The zero-order valence-electron chi connectivity index (χ0n) is 15.2. The van der Waals surface area contributed by atoms with Crippen molar-refractivity contribution < 1.29 is 14.1 Å². The monoisotopic (exact) mass is 386 g/mol. The summed E-state index contributed by atoms with van der Waals surface area (Å²) in [5, 5.41) is 20.6. The van der Waals surface area contributed by atoms with Gasteiger partial charge in [-0.2, -0.15) is 5.26 Å². The van der Waals surface area contributed by atoms with E-state index in [2.05, 4.69) is 16.0 Å². The van der Waals surface area contributed by atoms with E-state index in [0.717, 1.165) is 11.0 Å². The number of furan rings is 1. The van der Waals surface area contributed by atoms with Gasteiger partial charge in [0.2, 0.25) is 0 Å². The fourth-order valence-corrected chi connectivity index (χ4v) is 2.95. The Labute approximate surface area is 164 Å². The third kappa shape index (κ3) is 3.44. The molecule has 8 nitrogen and oxygen atoms in total. The number of para-hydroxylation sites is 2. The van der Waals surface area contributed by atoms with Crippen LogP contribution in [0, 0.1) is 21.4 Å². The zero-order valence-corrected chi connectivity index (χ0v) is 15.2. The third-order valence-corrected chi connectivity index (χ3v) is 4.34. The predicted molar refractivity (Wildman–Crippen MR) is 107 cm³/mol. The highest BCUT2D eigenvalue weighted by atomic mass is 16.6. The normalized spacial score (nSPS) is 11.4. The maximum Gasteiger partial charge on any atom is 0.270 e. The van der Waals surface area contributed by atoms with Crippen LogP contribution in [-0.2, 0) is 0 Å². The van der Waals surface area contributed by atoms with Gasteiger partial charge in [-0.3, -0.25) is 10.1 Å². The molecule has 0 fully saturated rings. The van der Waals surface area contributed by atoms with Gasteiger partial charge in [-0.15, -0.1) is 0 Å². The second-order valence-electron chi connectivity index (χ2n) is 6.12. The first-order valence-electron chi connectivity index (χ1n) is 8.58. The molecule has 0 saturated carbocycles. The van der Waals surface area contributed by atoms with E-state index in [1.165, 1.54) is 25.3 Å². The maximum absolute atomic E-state index is 11.1. The molecule has 2 aromatic heterocycles. The minimum atomic E-state index is -0.484. The average molecular weight is 386 g/mol. The number of rotatable bonds is 5. The topological polar surface area (TPSA) is 118 Å². The lowest BCUT2D eigenvalue weighted by Gasteiger charge is -2.05. The molecule has 0 unspecified atom stereocenters. The standard InChI is InChI=1S/C21H14N4O4/c1-28-19-8-6-14(25(26)27)11-16(19)20-9-7-15(29-20)10-13(12-22)21-23-17-4-2-3-5-18(17)24-21/h2-11H,1H3,(H,23,24)/b13-10+. The summed E-state index contributed by atoms with van der Waals surface area (Å²) < 4.78 is 11.1. The van der Waals surface area contributed by atoms with Gasteiger partial charge in [-0.25, -0.2) is 4.98 Å². The number of nitriles is 1. The summed E-state index contributed by atoms with van der Waals surface area (Å²) in [4.78, 5) is 18.1. The van der Waals surface area contributed by atoms with E-state index in [-0.39, 0.29) is 5.69 Å². The maximum atomic E-state index is 11.1. The highest BCUT2D eigenvalue weighted by Gasteiger charge is 2.16. The number of allylic oxidation sites excluding steroid dienone is 1. The Balaban J connectivity index is 1.72. The predicted octanol–water partition coefficient (Wildman–Crippen LogP) is 4.80. The number of nitrogens with one attached hydrogen (secondary N) is 1. The molecule has 8 heteroatoms. The number of imidazole rings is 1. The molecule has 4 rings (SSSR count). The molecule has 1 N–H and O–H groups in total. The fraction of sp³-hybridized carbons (Fsp3) is 0.0476. The molecular formula is C21H14N4O4. The molecule has 29 heavy (non-hydrogen) atoms. The summed E-state index contributed by atoms with van der Waals surface area (Å²) in [6.07, 6.45) is 1.56. The van der Waals surface area contributed by atoms with Crippen molar-refractivity contribution in [3.8, 4) is 23.1 Å². The minimum absolute atomic E-state index is 0.0747. The van der Waals surface area contributed by atoms with E-state index in [1.54, 1.807) is 18.2 Å². The van der Waals surface area contributed by atoms with Crippen molar-refractivity contribution >= 4 is 28.4 Å². The number of ether oxygens (including phenoxy) is 1. The Morgan fingerprint density at radius 2 is 2.10 bits per heavy atom. The van der Waals surface area contributed by atoms with Crippen LogP contribution in [0.15, 0.2) is 59.0 Å². The van der Waals surface area contributed by atoms with Crippen molar-refractivity contribution in [3.63, 3.8) is 0 Å². The quantitative estimate of drug-likeness (QED) is 0.299. The molecule has 0 aliphatic heterocycles. The first-order chi connectivity index (χ1) is 14.1. The summed E-state index contributed by atoms with van der Waals surface area (Å²) in [7, 11) is 1.48. The van der Waals surface area contributed by atoms with Crippen molar-refractivity contribution in [1.82, 2.24) is 9.97 Å². The smallest absolute Gasteiger partial charge is 0.270 e. The molecule has 0 atom stereocenters. The van der Waals surface area contributed by atoms with Crippen LogP contribution in [0.2, 0.25) is 0 Å². The number of aromatic amines is 1. The Morgan fingerprint density at radius 3 is 2.83 bits per heavy atom. The Morgan fingerprint density at radius 1 is 1.28 bits per heavy atom. The molecular weight excluding hydrogens is 372 g/mol. The number of H-pyrrole nitrogens is 1. The molecule has 0 aliphatic rings. The minimum Gasteiger partial charge on any atom is -0.496 e. The van der Waals surface area contributed by atoms with Gasteiger partial charge in [-0.1, -0.05) is 12.1 Å². The number of nitrogens with zero attached hydrogens (tertiary/aromatic N) is 3. The molecule has 0 amide bonds. The molecule has 2 aromatic carbocycles. The van der Waals surface area contributed by atoms with Gasteiger partial charge >= 0.3 is 0 Å². The van der Waals surface area contributed by atoms with Crippen LogP contribution in [0.4, 0.5) is 5.69 Å². The zero-order chi connectivity index (χ0) is 20.4. The Kier molecular flexibility index (Phi) is 4.55. The number of non-ortho nitro benzene ring substituents is 1. The van der Waals surface area contributed by atoms with Crippen LogP contribution >= 0.6 is 0 Å². The largest absolute Gasteiger partial charge is 0.496 e. The van der Waals surface area contributed by atoms with Gasteiger partial charge in [-0.05, 0) is 30.3 Å². The summed E-state index contributed by atoms with van der Waals surface area (Å²) >= 11 is 0. The van der Waals surface area contributed by atoms with Crippen molar-refractivity contribution in [2.75, 3.05) is 7.11 Å². The number of benzene rings is 2. The molecule has 0 radical (unpaired) electrons. The molecule has 4 aromatic rings. The van der Waals surface area contributed by atoms with E-state index < -0.39 is 4.92 Å². The van der Waals surface area contributed by atoms with Crippen LogP contribution < -0.4 is 4.74 Å². The van der Waals surface area contributed by atoms with Crippen molar-refractivity contribution in [2.45, 2.75) is 0 Å². The number of nitro groups is 1. The Hall–Kier alpha value is -4.38. The van der Waals surface area contributed by atoms with Crippen molar-refractivity contribution in [3.05, 3.63) is 76.3 Å². The molecule has 142 valence electrons. The molecule has 2 heterocycles. The van der Waals surface area contributed by atoms with Crippen molar-refractivity contribution in [1.29, 1.82) is 5.26 Å². The van der Waals surface area contributed by atoms with Crippen LogP contribution in [0.3, 0.4) is 0 Å². The lowest BCUT2D eigenvalue weighted by atomic mass is 10.1. The molecule has 0 bridgehead atoms. The first-order valence-corrected chi connectivity index (χ1v) is 8.58. The number of hydrogen-bond donors (Lipinski definition) is 1. The number of fused-ring (bicyclic) bond motifs is 1. The van der Waals surface area contributed by atoms with E-state index in [9.17, 15) is 15.4 Å². The third-order valence-electron chi connectivity index (χ3n) is 4.34. The Bertz CT molecular complexity index is 1260. The average Bonchev–Trinajstić information content (AvgIpc) is 3.38. The van der Waals surface area contributed by atoms with E-state index in [0.29, 0.717) is 34.2 Å². The highest BCUT2D eigenvalue weighted by molar-refractivity contribution is 5.89. The van der Waals surface area contributed by atoms with Gasteiger partial charge in [0, 0.05) is 18.2 Å². The van der Waals surface area contributed by atoms with Crippen LogP contribution in [0.5, 0.6) is 5.75 Å². The van der Waals surface area contributed by atoms with Gasteiger partial charge in [0.1, 0.15) is 29.2 Å². The van der Waals surface area contributed by atoms with Crippen LogP contribution in [-0.4, -0.2) is 22.0 Å². The van der Waals surface area contributed by atoms with Crippen LogP contribution in [0.25, 0.3) is 34.0 Å². The molecule has 0 aliphatic carbocycles. The highest BCUT2D eigenvalue weighted by Crippen LogP contribution is 2.35. The summed E-state index contributed by atoms with van der Waals surface area (Å²) in [6.45, 7) is 0. The number of methoxy groups -OCH3 is 1. The van der Waals surface area contributed by atoms with E-state index in [1.807, 2.05) is 24.3 Å². The SMILES string of the molecule is COc1ccc([N+](=O)[O-])cc1-c1ccc(/C=C(\C#N)c2nc3ccccc3[nH]2)o1. The summed E-state index contributed by atoms with van der Waals surface area (Å²) in [6, 6.07) is 17.2. The summed E-state index contributed by atoms with van der Waals surface area (Å²) in [5.74, 6) is 1.67. The van der Waals surface area contributed by atoms with Gasteiger partial charge in [0.15, 0.2) is 0 Å².